The molecule has 0 saturated carbocycles. The molecule has 8 heteroatoms. The van der Waals surface area contributed by atoms with Crippen LogP contribution in [0.1, 0.15) is 11.5 Å². The van der Waals surface area contributed by atoms with Gasteiger partial charge in [-0.05, 0) is 0 Å². The molecule has 1 heterocycles. The highest BCUT2D eigenvalue weighted by Crippen LogP contribution is 2.29. The third-order valence-corrected chi connectivity index (χ3v) is 2.21. The fourth-order valence-electron chi connectivity index (χ4n) is 1.35. The van der Waals surface area contributed by atoms with Gasteiger partial charge in [-0.2, -0.15) is 18.2 Å². The maximum absolute atomic E-state index is 12.3. The lowest BCUT2D eigenvalue weighted by atomic mass is 10.1. The first-order valence-corrected chi connectivity index (χ1v) is 4.97. The number of quaternary nitrogens is 1. The first kappa shape index (κ1) is 12.5. The lowest BCUT2D eigenvalue weighted by Crippen LogP contribution is -2.78. The summed E-state index contributed by atoms with van der Waals surface area (Å²) in [5.41, 5.74) is 2.22. The van der Waals surface area contributed by atoms with Crippen LogP contribution < -0.4 is 5.48 Å². The van der Waals surface area contributed by atoms with E-state index >= 15 is 0 Å². The largest absolute Gasteiger partial charge is 0.471 e. The van der Waals surface area contributed by atoms with Gasteiger partial charge in [-0.3, -0.25) is 0 Å². The van der Waals surface area contributed by atoms with E-state index in [1.165, 1.54) is 0 Å². The van der Waals surface area contributed by atoms with Gasteiger partial charge in [0.2, 0.25) is 5.82 Å². The molecule has 0 radical (unpaired) electrons. The maximum atomic E-state index is 12.3. The van der Waals surface area contributed by atoms with E-state index in [0.29, 0.717) is 12.1 Å². The van der Waals surface area contributed by atoms with E-state index in [-0.39, 0.29) is 5.82 Å². The number of alkyl halides is 3. The molecule has 96 valence electrons. The van der Waals surface area contributed by atoms with Gasteiger partial charge in [0, 0.05) is 11.1 Å². The van der Waals surface area contributed by atoms with Crippen LogP contribution >= 0.6 is 0 Å². The molecule has 3 N–H and O–H groups in total. The van der Waals surface area contributed by atoms with Crippen LogP contribution in [0, 0.1) is 0 Å². The van der Waals surface area contributed by atoms with Gasteiger partial charge in [-0.25, -0.2) is 10.7 Å². The van der Waals surface area contributed by atoms with E-state index in [4.69, 9.17) is 5.21 Å². The highest BCUT2D eigenvalue weighted by Gasteiger charge is 2.38. The van der Waals surface area contributed by atoms with Gasteiger partial charge in [0.25, 0.3) is 0 Å². The summed E-state index contributed by atoms with van der Waals surface area (Å²) in [5.74, 6) is -1.49. The second-order valence-electron chi connectivity index (χ2n) is 3.50. The average Bonchev–Trinajstić information content (AvgIpc) is 2.79. The molecule has 0 saturated heterocycles. The van der Waals surface area contributed by atoms with E-state index in [9.17, 15) is 13.2 Å². The molecule has 0 aliphatic carbocycles. The number of nitrogens with zero attached hydrogens (tertiary/aromatic N) is 2. The van der Waals surface area contributed by atoms with Crippen molar-refractivity contribution >= 4 is 0 Å². The molecule has 0 amide bonds. The Labute approximate surface area is 99.2 Å². The van der Waals surface area contributed by atoms with Crippen LogP contribution in [0.2, 0.25) is 0 Å². The van der Waals surface area contributed by atoms with Crippen molar-refractivity contribution in [2.75, 3.05) is 0 Å². The van der Waals surface area contributed by atoms with Crippen molar-refractivity contribution in [3.63, 3.8) is 0 Å². The molecule has 2 rings (SSSR count). The molecule has 2 aromatic rings. The summed E-state index contributed by atoms with van der Waals surface area (Å²) in [6.45, 7) is 0.361. The van der Waals surface area contributed by atoms with E-state index < -0.39 is 12.1 Å². The van der Waals surface area contributed by atoms with Gasteiger partial charge in [0.05, 0.1) is 0 Å². The molecule has 0 unspecified atom stereocenters. The number of hydroxylamine groups is 1. The molecule has 1 aromatic carbocycles. The minimum absolute atomic E-state index is 0.123. The van der Waals surface area contributed by atoms with Crippen molar-refractivity contribution in [1.29, 1.82) is 0 Å². The Kier molecular flexibility index (Phi) is 3.30. The van der Waals surface area contributed by atoms with Crippen molar-refractivity contribution in [2.24, 2.45) is 0 Å². The molecule has 18 heavy (non-hydrogen) atoms. The molecule has 0 fully saturated rings. The molecule has 0 spiro atoms. The zero-order valence-electron chi connectivity index (χ0n) is 8.98. The summed E-state index contributed by atoms with van der Waals surface area (Å²) < 4.78 is 40.9. The first-order chi connectivity index (χ1) is 8.50. The van der Waals surface area contributed by atoms with Crippen LogP contribution in [0.15, 0.2) is 28.8 Å². The van der Waals surface area contributed by atoms with Crippen LogP contribution in [-0.4, -0.2) is 15.3 Å². The van der Waals surface area contributed by atoms with Gasteiger partial charge in [-0.1, -0.05) is 29.4 Å². The minimum Gasteiger partial charge on any atom is -0.329 e. The predicted octanol–water partition coefficient (Wildman–Crippen LogP) is 1.21. The average molecular weight is 260 g/mol. The van der Waals surface area contributed by atoms with Crippen LogP contribution in [0.3, 0.4) is 0 Å². The second kappa shape index (κ2) is 4.75. The second-order valence-corrected chi connectivity index (χ2v) is 3.50. The van der Waals surface area contributed by atoms with Crippen molar-refractivity contribution in [3.8, 4) is 11.4 Å². The highest BCUT2D eigenvalue weighted by atomic mass is 19.4. The SMILES string of the molecule is O[NH2+]Cc1ccc(-c2noc(C(F)(F)F)n2)cc1. The summed E-state index contributed by atoms with van der Waals surface area (Å²) >= 11 is 0. The molecular weight excluding hydrogens is 251 g/mol. The van der Waals surface area contributed by atoms with Crippen molar-refractivity contribution in [2.45, 2.75) is 12.7 Å². The molecule has 0 aliphatic heterocycles. The van der Waals surface area contributed by atoms with Crippen LogP contribution in [0.5, 0.6) is 0 Å². The number of hydrogen-bond donors (Lipinski definition) is 2. The quantitative estimate of drug-likeness (QED) is 0.813. The topological polar surface area (TPSA) is 75.8 Å². The molecule has 0 aliphatic rings. The molecule has 0 bridgehead atoms. The third kappa shape index (κ3) is 2.66. The lowest BCUT2D eigenvalue weighted by Gasteiger charge is -1.98. The molecule has 5 nitrogen and oxygen atoms in total. The van der Waals surface area contributed by atoms with Crippen molar-refractivity contribution in [3.05, 3.63) is 35.7 Å². The number of aromatic nitrogens is 2. The Morgan fingerprint density at radius 1 is 1.22 bits per heavy atom. The Morgan fingerprint density at radius 2 is 1.89 bits per heavy atom. The number of benzene rings is 1. The standard InChI is InChI=1S/C10H8F3N3O2/c11-10(12,13)9-15-8(16-18-9)7-3-1-6(2-4-7)5-14-17/h1-4,14,17H,5H2/p+1. The number of nitrogens with two attached hydrogens (primary N) is 1. The minimum atomic E-state index is -4.64. The lowest BCUT2D eigenvalue weighted by molar-refractivity contribution is -0.899. The summed E-state index contributed by atoms with van der Waals surface area (Å²) in [7, 11) is 0. The highest BCUT2D eigenvalue weighted by molar-refractivity contribution is 5.54. The van der Waals surface area contributed by atoms with E-state index in [2.05, 4.69) is 14.7 Å². The Balaban J connectivity index is 2.23. The van der Waals surface area contributed by atoms with Crippen LogP contribution in [0.4, 0.5) is 13.2 Å². The third-order valence-electron chi connectivity index (χ3n) is 2.21. The zero-order valence-corrected chi connectivity index (χ0v) is 8.98. The van der Waals surface area contributed by atoms with E-state index in [0.717, 1.165) is 11.0 Å². The monoisotopic (exact) mass is 260 g/mol. The van der Waals surface area contributed by atoms with Crippen LogP contribution in [-0.2, 0) is 12.7 Å². The van der Waals surface area contributed by atoms with Crippen molar-refractivity contribution in [1.82, 2.24) is 10.1 Å². The number of rotatable bonds is 3. The smallest absolute Gasteiger partial charge is 0.329 e. The Bertz CT molecular complexity index is 522. The summed E-state index contributed by atoms with van der Waals surface area (Å²) in [5, 5.41) is 11.9. The van der Waals surface area contributed by atoms with Gasteiger partial charge in [0.15, 0.2) is 0 Å². The molecular formula is C10H9F3N3O2+. The summed E-state index contributed by atoms with van der Waals surface area (Å²) in [6.07, 6.45) is -4.64. The molecule has 1 aromatic heterocycles. The van der Waals surface area contributed by atoms with Crippen molar-refractivity contribution < 1.29 is 28.4 Å². The van der Waals surface area contributed by atoms with Gasteiger partial charge in [0.1, 0.15) is 6.54 Å². The fraction of sp³-hybridized carbons (Fsp3) is 0.200. The first-order valence-electron chi connectivity index (χ1n) is 4.97. The van der Waals surface area contributed by atoms with Gasteiger partial charge < -0.3 is 4.52 Å². The van der Waals surface area contributed by atoms with E-state index in [1.54, 1.807) is 24.3 Å². The Morgan fingerprint density at radius 3 is 2.39 bits per heavy atom. The normalized spacial score (nSPS) is 11.8. The Hall–Kier alpha value is -1.93. The fourth-order valence-corrected chi connectivity index (χ4v) is 1.35. The maximum Gasteiger partial charge on any atom is 0.471 e. The van der Waals surface area contributed by atoms with Gasteiger partial charge >= 0.3 is 12.1 Å². The number of halogens is 3. The number of hydrogen-bond acceptors (Lipinski definition) is 4. The van der Waals surface area contributed by atoms with Gasteiger partial charge in [-0.15, -0.1) is 0 Å². The summed E-state index contributed by atoms with van der Waals surface area (Å²) in [6, 6.07) is 6.44. The van der Waals surface area contributed by atoms with Crippen LogP contribution in [0.25, 0.3) is 11.4 Å². The van der Waals surface area contributed by atoms with E-state index in [1.807, 2.05) is 0 Å². The molecule has 0 atom stereocenters. The summed E-state index contributed by atoms with van der Waals surface area (Å²) in [4.78, 5) is 3.27. The predicted molar refractivity (Wildman–Crippen MR) is 52.2 cm³/mol. The zero-order chi connectivity index (χ0) is 13.2.